The van der Waals surface area contributed by atoms with Gasteiger partial charge in [0.1, 0.15) is 5.65 Å². The van der Waals surface area contributed by atoms with Gasteiger partial charge in [-0.1, -0.05) is 13.8 Å². The average Bonchev–Trinajstić information content (AvgIpc) is 2.55. The lowest BCUT2D eigenvalue weighted by atomic mass is 10.3. The quantitative estimate of drug-likeness (QED) is 0.611. The number of nitrogens with zero attached hydrogens (tertiary/aromatic N) is 1. The number of rotatable bonds is 0. The molecule has 2 heteroatoms. The molecule has 1 N–H and O–H groups in total. The van der Waals surface area contributed by atoms with Crippen LogP contribution in [0.4, 0.5) is 0 Å². The van der Waals surface area contributed by atoms with Crippen LogP contribution in [0.2, 0.25) is 0 Å². The van der Waals surface area contributed by atoms with Crippen molar-refractivity contribution >= 4 is 11.0 Å². The smallest absolute Gasteiger partial charge is 0.137 e. The Kier molecular flexibility index (Phi) is 2.66. The SMILES string of the molecule is CC.c1cnc2[nH]ccc2c1. The Morgan fingerprint density at radius 1 is 1.27 bits per heavy atom. The molecule has 0 unspecified atom stereocenters. The number of aromatic nitrogens is 2. The van der Waals surface area contributed by atoms with Crippen molar-refractivity contribution in [3.05, 3.63) is 30.6 Å². The minimum absolute atomic E-state index is 0.956. The summed E-state index contributed by atoms with van der Waals surface area (Å²) in [5.74, 6) is 0. The van der Waals surface area contributed by atoms with E-state index in [1.54, 1.807) is 6.20 Å². The lowest BCUT2D eigenvalue weighted by molar-refractivity contribution is 1.33. The second-order valence-corrected chi connectivity index (χ2v) is 1.92. The number of nitrogens with one attached hydrogen (secondary N) is 1. The molecule has 0 saturated carbocycles. The van der Waals surface area contributed by atoms with Crippen LogP contribution in [-0.4, -0.2) is 9.97 Å². The first-order chi connectivity index (χ1) is 5.47. The molecule has 2 rings (SSSR count). The fraction of sp³-hybridized carbons (Fsp3) is 0.222. The van der Waals surface area contributed by atoms with Crippen molar-refractivity contribution < 1.29 is 0 Å². The third-order valence-electron chi connectivity index (χ3n) is 1.32. The van der Waals surface area contributed by atoms with Crippen LogP contribution in [0.15, 0.2) is 30.6 Å². The van der Waals surface area contributed by atoms with E-state index in [2.05, 4.69) is 9.97 Å². The summed E-state index contributed by atoms with van der Waals surface area (Å²) in [5, 5.41) is 1.16. The molecular weight excluding hydrogens is 136 g/mol. The Morgan fingerprint density at radius 2 is 2.09 bits per heavy atom. The van der Waals surface area contributed by atoms with E-state index in [9.17, 15) is 0 Å². The van der Waals surface area contributed by atoms with Crippen molar-refractivity contribution in [2.75, 3.05) is 0 Å². The Bertz CT molecular complexity index is 282. The van der Waals surface area contributed by atoms with Crippen LogP contribution in [0.3, 0.4) is 0 Å². The molecule has 0 saturated heterocycles. The topological polar surface area (TPSA) is 28.7 Å². The summed E-state index contributed by atoms with van der Waals surface area (Å²) in [7, 11) is 0. The molecule has 0 aromatic carbocycles. The first-order valence-corrected chi connectivity index (χ1v) is 3.85. The number of hydrogen-bond acceptors (Lipinski definition) is 1. The van der Waals surface area contributed by atoms with Crippen molar-refractivity contribution in [1.82, 2.24) is 9.97 Å². The van der Waals surface area contributed by atoms with Gasteiger partial charge in [-0.2, -0.15) is 0 Å². The molecule has 2 heterocycles. The highest BCUT2D eigenvalue weighted by Gasteiger charge is 1.88. The van der Waals surface area contributed by atoms with E-state index in [1.165, 1.54) is 0 Å². The molecule has 2 nitrogen and oxygen atoms in total. The Balaban J connectivity index is 0.000000281. The minimum atomic E-state index is 0.956. The molecule has 0 fully saturated rings. The lowest BCUT2D eigenvalue weighted by Crippen LogP contribution is -1.70. The van der Waals surface area contributed by atoms with Crippen molar-refractivity contribution in [2.45, 2.75) is 13.8 Å². The molecule has 0 bridgehead atoms. The van der Waals surface area contributed by atoms with E-state index in [0.29, 0.717) is 0 Å². The van der Waals surface area contributed by atoms with Crippen LogP contribution in [0.5, 0.6) is 0 Å². The molecule has 58 valence electrons. The highest BCUT2D eigenvalue weighted by atomic mass is 14.8. The molecule has 0 atom stereocenters. The van der Waals surface area contributed by atoms with Gasteiger partial charge in [0, 0.05) is 17.8 Å². The van der Waals surface area contributed by atoms with Crippen LogP contribution in [0.1, 0.15) is 13.8 Å². The predicted molar refractivity (Wildman–Crippen MR) is 47.4 cm³/mol. The summed E-state index contributed by atoms with van der Waals surface area (Å²) in [5.41, 5.74) is 0.956. The predicted octanol–water partition coefficient (Wildman–Crippen LogP) is 2.59. The molecule has 0 aliphatic carbocycles. The number of aromatic amines is 1. The van der Waals surface area contributed by atoms with Gasteiger partial charge in [0.2, 0.25) is 0 Å². The van der Waals surface area contributed by atoms with E-state index in [-0.39, 0.29) is 0 Å². The van der Waals surface area contributed by atoms with Crippen LogP contribution in [0, 0.1) is 0 Å². The van der Waals surface area contributed by atoms with Gasteiger partial charge in [-0.3, -0.25) is 0 Å². The second kappa shape index (κ2) is 3.76. The Labute approximate surface area is 66.3 Å². The molecular formula is C9H12N2. The van der Waals surface area contributed by atoms with Gasteiger partial charge in [0.15, 0.2) is 0 Å². The largest absolute Gasteiger partial charge is 0.346 e. The standard InChI is InChI=1S/C7H6N2.C2H6/c1-2-6-3-5-9-7(6)8-4-1;1-2/h1-5H,(H,8,9);1-2H3. The van der Waals surface area contributed by atoms with E-state index < -0.39 is 0 Å². The average molecular weight is 148 g/mol. The van der Waals surface area contributed by atoms with E-state index in [4.69, 9.17) is 0 Å². The number of fused-ring (bicyclic) bond motifs is 1. The molecule has 2 aromatic rings. The molecule has 0 spiro atoms. The summed E-state index contributed by atoms with van der Waals surface area (Å²) in [6.45, 7) is 4.00. The minimum Gasteiger partial charge on any atom is -0.346 e. The van der Waals surface area contributed by atoms with Gasteiger partial charge < -0.3 is 4.98 Å². The van der Waals surface area contributed by atoms with Gasteiger partial charge >= 0.3 is 0 Å². The maximum Gasteiger partial charge on any atom is 0.137 e. The third kappa shape index (κ3) is 1.58. The highest BCUT2D eigenvalue weighted by Crippen LogP contribution is 2.05. The molecule has 0 aliphatic rings. The fourth-order valence-corrected chi connectivity index (χ4v) is 0.883. The van der Waals surface area contributed by atoms with Crippen LogP contribution in [0.25, 0.3) is 11.0 Å². The molecule has 11 heavy (non-hydrogen) atoms. The summed E-state index contributed by atoms with van der Waals surface area (Å²) >= 11 is 0. The van der Waals surface area contributed by atoms with Crippen LogP contribution in [-0.2, 0) is 0 Å². The number of pyridine rings is 1. The summed E-state index contributed by atoms with van der Waals surface area (Å²) < 4.78 is 0. The zero-order valence-electron chi connectivity index (χ0n) is 6.83. The zero-order chi connectivity index (χ0) is 8.10. The van der Waals surface area contributed by atoms with E-state index in [0.717, 1.165) is 11.0 Å². The third-order valence-corrected chi connectivity index (χ3v) is 1.32. The van der Waals surface area contributed by atoms with Crippen molar-refractivity contribution in [1.29, 1.82) is 0 Å². The monoisotopic (exact) mass is 148 g/mol. The van der Waals surface area contributed by atoms with Crippen LogP contribution >= 0.6 is 0 Å². The van der Waals surface area contributed by atoms with E-state index in [1.807, 2.05) is 38.2 Å². The van der Waals surface area contributed by atoms with Gasteiger partial charge in [0.05, 0.1) is 0 Å². The fourth-order valence-electron chi connectivity index (χ4n) is 0.883. The first kappa shape index (κ1) is 7.79. The molecule has 0 amide bonds. The van der Waals surface area contributed by atoms with Gasteiger partial charge in [-0.15, -0.1) is 0 Å². The van der Waals surface area contributed by atoms with Crippen molar-refractivity contribution in [3.63, 3.8) is 0 Å². The zero-order valence-corrected chi connectivity index (χ0v) is 6.83. The van der Waals surface area contributed by atoms with Gasteiger partial charge in [-0.25, -0.2) is 4.98 Å². The normalized spacial score (nSPS) is 8.91. The summed E-state index contributed by atoms with van der Waals surface area (Å²) in [4.78, 5) is 7.09. The maximum atomic E-state index is 4.09. The Morgan fingerprint density at radius 3 is 2.82 bits per heavy atom. The summed E-state index contributed by atoms with van der Waals surface area (Å²) in [6.07, 6.45) is 3.66. The van der Waals surface area contributed by atoms with Gasteiger partial charge in [0.25, 0.3) is 0 Å². The molecule has 0 aliphatic heterocycles. The lowest BCUT2D eigenvalue weighted by Gasteiger charge is -1.82. The summed E-state index contributed by atoms with van der Waals surface area (Å²) in [6, 6.07) is 5.96. The van der Waals surface area contributed by atoms with Crippen molar-refractivity contribution in [2.24, 2.45) is 0 Å². The molecule has 2 aromatic heterocycles. The van der Waals surface area contributed by atoms with E-state index >= 15 is 0 Å². The number of H-pyrrole nitrogens is 1. The second-order valence-electron chi connectivity index (χ2n) is 1.92. The maximum absolute atomic E-state index is 4.09. The first-order valence-electron chi connectivity index (χ1n) is 3.85. The highest BCUT2D eigenvalue weighted by molar-refractivity contribution is 5.74. The van der Waals surface area contributed by atoms with Gasteiger partial charge in [-0.05, 0) is 18.2 Å². The van der Waals surface area contributed by atoms with Crippen molar-refractivity contribution in [3.8, 4) is 0 Å². The van der Waals surface area contributed by atoms with Crippen LogP contribution < -0.4 is 0 Å². The number of hydrogen-bond donors (Lipinski definition) is 1. The molecule has 0 radical (unpaired) electrons. The Hall–Kier alpha value is -1.31.